The van der Waals surface area contributed by atoms with Crippen LogP contribution in [0.15, 0.2) is 24.3 Å². The van der Waals surface area contributed by atoms with E-state index in [9.17, 15) is 9.00 Å². The number of anilines is 1. The summed E-state index contributed by atoms with van der Waals surface area (Å²) in [5.41, 5.74) is 1.80. The highest BCUT2D eigenvalue weighted by Crippen LogP contribution is 2.49. The Labute approximate surface area is 146 Å². The number of benzene rings is 1. The van der Waals surface area contributed by atoms with E-state index in [1.165, 1.54) is 25.7 Å². The average Bonchev–Trinajstić information content (AvgIpc) is 3.16. The highest BCUT2D eigenvalue weighted by Gasteiger charge is 2.40. The molecule has 1 aromatic carbocycles. The smallest absolute Gasteiger partial charge is 0.224 e. The van der Waals surface area contributed by atoms with Gasteiger partial charge in [0.25, 0.3) is 0 Å². The minimum absolute atomic E-state index is 0.116. The number of methoxy groups -OCH3 is 1. The number of hydrogen-bond donors (Lipinski definition) is 1. The van der Waals surface area contributed by atoms with Crippen molar-refractivity contribution < 1.29 is 13.7 Å². The van der Waals surface area contributed by atoms with Gasteiger partial charge < -0.3 is 10.1 Å². The molecule has 2 saturated carbocycles. The van der Waals surface area contributed by atoms with E-state index in [0.29, 0.717) is 30.5 Å². The summed E-state index contributed by atoms with van der Waals surface area (Å²) in [5, 5.41) is 3.02. The van der Waals surface area contributed by atoms with Gasteiger partial charge in [0.05, 0.1) is 6.61 Å². The number of rotatable bonds is 8. The molecule has 2 aliphatic rings. The van der Waals surface area contributed by atoms with Gasteiger partial charge in [-0.15, -0.1) is 0 Å². The summed E-state index contributed by atoms with van der Waals surface area (Å²) in [6.45, 7) is 0.507. The Morgan fingerprint density at radius 1 is 1.33 bits per heavy atom. The third-order valence-electron chi connectivity index (χ3n) is 5.39. The Morgan fingerprint density at radius 2 is 2.21 bits per heavy atom. The number of amides is 1. The first kappa shape index (κ1) is 17.6. The van der Waals surface area contributed by atoms with Gasteiger partial charge in [-0.2, -0.15) is 0 Å². The van der Waals surface area contributed by atoms with Crippen molar-refractivity contribution in [2.75, 3.05) is 24.8 Å². The van der Waals surface area contributed by atoms with Crippen molar-refractivity contribution in [3.8, 4) is 0 Å². The molecule has 0 spiro atoms. The second-order valence-electron chi connectivity index (χ2n) is 7.17. The SMILES string of the molecule is COCC[S@@](=O)Cc1cccc(NC(=O)C[C@@H]2C[C@H]3CC[C@H]2C3)c1. The van der Waals surface area contributed by atoms with Crippen molar-refractivity contribution in [3.05, 3.63) is 29.8 Å². The number of hydrogen-bond acceptors (Lipinski definition) is 3. The fourth-order valence-electron chi connectivity index (χ4n) is 4.25. The molecule has 2 bridgehead atoms. The van der Waals surface area contributed by atoms with Crippen molar-refractivity contribution in [2.24, 2.45) is 17.8 Å². The lowest BCUT2D eigenvalue weighted by Gasteiger charge is -2.21. The Balaban J connectivity index is 1.50. The minimum atomic E-state index is -0.934. The van der Waals surface area contributed by atoms with E-state index >= 15 is 0 Å². The van der Waals surface area contributed by atoms with Crippen molar-refractivity contribution in [3.63, 3.8) is 0 Å². The molecule has 0 radical (unpaired) electrons. The molecule has 24 heavy (non-hydrogen) atoms. The third kappa shape index (κ3) is 4.67. The first-order chi connectivity index (χ1) is 11.6. The fourth-order valence-corrected chi connectivity index (χ4v) is 5.30. The van der Waals surface area contributed by atoms with Crippen LogP contribution in [-0.4, -0.2) is 29.6 Å². The average molecular weight is 349 g/mol. The van der Waals surface area contributed by atoms with Gasteiger partial charge >= 0.3 is 0 Å². The molecule has 1 N–H and O–H groups in total. The number of ether oxygens (including phenoxy) is 1. The predicted octanol–water partition coefficient (Wildman–Crippen LogP) is 3.35. The zero-order valence-electron chi connectivity index (χ0n) is 14.3. The van der Waals surface area contributed by atoms with E-state index in [0.717, 1.165) is 23.1 Å². The first-order valence-electron chi connectivity index (χ1n) is 8.86. The first-order valence-corrected chi connectivity index (χ1v) is 10.4. The molecule has 1 amide bonds. The van der Waals surface area contributed by atoms with E-state index < -0.39 is 10.8 Å². The molecule has 0 heterocycles. The lowest BCUT2D eigenvalue weighted by Crippen LogP contribution is -2.20. The second kappa shape index (κ2) is 8.26. The monoisotopic (exact) mass is 349 g/mol. The van der Waals surface area contributed by atoms with Crippen LogP contribution in [0.25, 0.3) is 0 Å². The quantitative estimate of drug-likeness (QED) is 0.783. The maximum atomic E-state index is 12.3. The summed E-state index contributed by atoms with van der Waals surface area (Å²) in [4.78, 5) is 12.3. The zero-order chi connectivity index (χ0) is 16.9. The van der Waals surface area contributed by atoms with Gasteiger partial charge in [-0.3, -0.25) is 9.00 Å². The minimum Gasteiger partial charge on any atom is -0.384 e. The topological polar surface area (TPSA) is 55.4 Å². The standard InChI is InChI=1S/C19H27NO3S/c1-23-7-8-24(22)13-15-3-2-4-18(11-15)20-19(21)12-17-10-14-5-6-16(17)9-14/h2-4,11,14,16-17H,5-10,12-13H2,1H3,(H,20,21)/t14-,16-,17-,24+/m0/s1. The largest absolute Gasteiger partial charge is 0.384 e. The molecular weight excluding hydrogens is 322 g/mol. The summed E-state index contributed by atoms with van der Waals surface area (Å²) < 4.78 is 16.9. The second-order valence-corrected chi connectivity index (χ2v) is 8.75. The number of nitrogens with one attached hydrogen (secondary N) is 1. The molecule has 0 saturated heterocycles. The lowest BCUT2D eigenvalue weighted by atomic mass is 9.86. The lowest BCUT2D eigenvalue weighted by molar-refractivity contribution is -0.117. The molecule has 132 valence electrons. The van der Waals surface area contributed by atoms with Crippen LogP contribution in [0.3, 0.4) is 0 Å². The van der Waals surface area contributed by atoms with E-state index in [-0.39, 0.29) is 5.91 Å². The summed E-state index contributed by atoms with van der Waals surface area (Å²) in [7, 11) is 0.680. The molecule has 2 fully saturated rings. The number of fused-ring (bicyclic) bond motifs is 2. The van der Waals surface area contributed by atoms with Crippen molar-refractivity contribution >= 4 is 22.4 Å². The summed E-state index contributed by atoms with van der Waals surface area (Å²) in [6.07, 6.45) is 5.89. The molecule has 5 heteroatoms. The molecule has 0 aromatic heterocycles. The Kier molecular flexibility index (Phi) is 6.06. The van der Waals surface area contributed by atoms with E-state index in [2.05, 4.69) is 5.32 Å². The van der Waals surface area contributed by atoms with Gasteiger partial charge in [-0.05, 0) is 54.7 Å². The van der Waals surface area contributed by atoms with Gasteiger partial charge in [-0.1, -0.05) is 18.6 Å². The zero-order valence-corrected chi connectivity index (χ0v) is 15.1. The molecular formula is C19H27NO3S. The number of carbonyl (C=O) groups is 1. The van der Waals surface area contributed by atoms with Gasteiger partial charge in [-0.25, -0.2) is 0 Å². The molecule has 3 rings (SSSR count). The van der Waals surface area contributed by atoms with E-state index in [1.807, 2.05) is 24.3 Å². The normalized spacial score (nSPS) is 26.5. The van der Waals surface area contributed by atoms with Crippen LogP contribution in [0.5, 0.6) is 0 Å². The van der Waals surface area contributed by atoms with E-state index in [1.54, 1.807) is 7.11 Å². The summed E-state index contributed by atoms with van der Waals surface area (Å²) >= 11 is 0. The molecule has 0 unspecified atom stereocenters. The third-order valence-corrected chi connectivity index (χ3v) is 6.66. The van der Waals surface area contributed by atoms with Crippen molar-refractivity contribution in [1.82, 2.24) is 0 Å². The van der Waals surface area contributed by atoms with Crippen LogP contribution in [0, 0.1) is 17.8 Å². The molecule has 1 aromatic rings. The summed E-state index contributed by atoms with van der Waals surface area (Å²) in [5.74, 6) is 3.38. The maximum Gasteiger partial charge on any atom is 0.224 e. The number of carbonyl (C=O) groups excluding carboxylic acids is 1. The summed E-state index contributed by atoms with van der Waals surface area (Å²) in [6, 6.07) is 7.70. The van der Waals surface area contributed by atoms with Crippen LogP contribution in [0.2, 0.25) is 0 Å². The Bertz CT molecular complexity index is 604. The van der Waals surface area contributed by atoms with Crippen LogP contribution in [0.1, 0.15) is 37.7 Å². The maximum absolute atomic E-state index is 12.3. The predicted molar refractivity (Wildman–Crippen MR) is 97.2 cm³/mol. The Morgan fingerprint density at radius 3 is 2.92 bits per heavy atom. The fraction of sp³-hybridized carbons (Fsp3) is 0.632. The molecule has 0 aliphatic heterocycles. The van der Waals surface area contributed by atoms with Gasteiger partial charge in [0, 0.05) is 41.5 Å². The van der Waals surface area contributed by atoms with E-state index in [4.69, 9.17) is 4.74 Å². The van der Waals surface area contributed by atoms with Crippen LogP contribution in [-0.2, 0) is 26.1 Å². The highest BCUT2D eigenvalue weighted by molar-refractivity contribution is 7.84. The molecule has 2 aliphatic carbocycles. The van der Waals surface area contributed by atoms with Crippen LogP contribution < -0.4 is 5.32 Å². The molecule has 4 nitrogen and oxygen atoms in total. The van der Waals surface area contributed by atoms with Gasteiger partial charge in [0.15, 0.2) is 0 Å². The van der Waals surface area contributed by atoms with Crippen LogP contribution in [0.4, 0.5) is 5.69 Å². The Hall–Kier alpha value is -1.20. The highest BCUT2D eigenvalue weighted by atomic mass is 32.2. The van der Waals surface area contributed by atoms with Gasteiger partial charge in [0.2, 0.25) is 5.91 Å². The van der Waals surface area contributed by atoms with Crippen molar-refractivity contribution in [2.45, 2.75) is 37.9 Å². The van der Waals surface area contributed by atoms with Gasteiger partial charge in [0.1, 0.15) is 0 Å². The van der Waals surface area contributed by atoms with Crippen LogP contribution >= 0.6 is 0 Å². The molecule has 4 atom stereocenters. The van der Waals surface area contributed by atoms with Crippen molar-refractivity contribution in [1.29, 1.82) is 0 Å².